The van der Waals surface area contributed by atoms with Gasteiger partial charge in [-0.1, -0.05) is 43.5 Å². The predicted molar refractivity (Wildman–Crippen MR) is 69.2 cm³/mol. The van der Waals surface area contributed by atoms with Crippen molar-refractivity contribution in [3.8, 4) is 5.75 Å². The third-order valence-corrected chi connectivity index (χ3v) is 2.71. The fourth-order valence-corrected chi connectivity index (χ4v) is 1.82. The molecule has 0 atom stereocenters. The normalized spacial score (nSPS) is 10.4. The Kier molecular flexibility index (Phi) is 6.27. The highest BCUT2D eigenvalue weighted by Gasteiger charge is 2.07. The van der Waals surface area contributed by atoms with Crippen LogP contribution in [-0.4, -0.2) is 13.7 Å². The summed E-state index contributed by atoms with van der Waals surface area (Å²) >= 11 is 6.13. The maximum Gasteiger partial charge on any atom is 0.142 e. The van der Waals surface area contributed by atoms with E-state index in [1.165, 1.54) is 12.8 Å². The van der Waals surface area contributed by atoms with Crippen LogP contribution in [0.15, 0.2) is 18.2 Å². The van der Waals surface area contributed by atoms with Gasteiger partial charge in [-0.25, -0.2) is 0 Å². The highest BCUT2D eigenvalue weighted by atomic mass is 35.5. The second-order valence-electron chi connectivity index (χ2n) is 3.81. The number of hydrogen-bond acceptors (Lipinski definition) is 2. The molecule has 0 aliphatic heterocycles. The number of nitrogens with one attached hydrogen (secondary N) is 1. The van der Waals surface area contributed by atoms with E-state index in [0.717, 1.165) is 30.9 Å². The van der Waals surface area contributed by atoms with Gasteiger partial charge in [-0.2, -0.15) is 0 Å². The highest BCUT2D eigenvalue weighted by molar-refractivity contribution is 6.32. The molecular weight excluding hydrogens is 222 g/mol. The Morgan fingerprint density at radius 1 is 1.31 bits per heavy atom. The van der Waals surface area contributed by atoms with Crippen LogP contribution in [0.25, 0.3) is 0 Å². The second-order valence-corrected chi connectivity index (χ2v) is 4.22. The Balaban J connectivity index is 2.61. The molecule has 0 heterocycles. The lowest BCUT2D eigenvalue weighted by Crippen LogP contribution is -2.08. The summed E-state index contributed by atoms with van der Waals surface area (Å²) in [7, 11) is 1.92. The molecule has 0 aliphatic rings. The molecule has 0 radical (unpaired) electrons. The molecule has 0 saturated heterocycles. The summed E-state index contributed by atoms with van der Waals surface area (Å²) in [6.45, 7) is 3.71. The molecule has 0 saturated carbocycles. The Morgan fingerprint density at radius 2 is 2.12 bits per heavy atom. The first-order valence-corrected chi connectivity index (χ1v) is 6.22. The summed E-state index contributed by atoms with van der Waals surface area (Å²) < 4.78 is 5.75. The van der Waals surface area contributed by atoms with Crippen molar-refractivity contribution in [2.45, 2.75) is 32.7 Å². The van der Waals surface area contributed by atoms with Crippen LogP contribution < -0.4 is 10.1 Å². The van der Waals surface area contributed by atoms with Gasteiger partial charge in [0.2, 0.25) is 0 Å². The standard InChI is InChI=1S/C13H20ClNO/c1-3-4-5-9-16-13-11(10-15-2)7-6-8-12(13)14/h6-8,15H,3-5,9-10H2,1-2H3. The first kappa shape index (κ1) is 13.3. The molecule has 0 aliphatic carbocycles. The molecule has 1 rings (SSSR count). The molecule has 0 unspecified atom stereocenters. The summed E-state index contributed by atoms with van der Waals surface area (Å²) in [6, 6.07) is 5.86. The molecule has 1 aromatic rings. The van der Waals surface area contributed by atoms with Crippen LogP contribution in [-0.2, 0) is 6.54 Å². The van der Waals surface area contributed by atoms with Crippen LogP contribution >= 0.6 is 11.6 Å². The van der Waals surface area contributed by atoms with E-state index in [0.29, 0.717) is 5.02 Å². The molecule has 90 valence electrons. The van der Waals surface area contributed by atoms with Gasteiger partial charge in [0.25, 0.3) is 0 Å². The lowest BCUT2D eigenvalue weighted by molar-refractivity contribution is 0.303. The Morgan fingerprint density at radius 3 is 2.81 bits per heavy atom. The van der Waals surface area contributed by atoms with Gasteiger partial charge in [0.1, 0.15) is 5.75 Å². The predicted octanol–water partition coefficient (Wildman–Crippen LogP) is 3.63. The number of benzene rings is 1. The van der Waals surface area contributed by atoms with Gasteiger partial charge < -0.3 is 10.1 Å². The zero-order chi connectivity index (χ0) is 11.8. The molecular formula is C13H20ClNO. The molecule has 0 fully saturated rings. The molecule has 0 amide bonds. The first-order valence-electron chi connectivity index (χ1n) is 5.84. The van der Waals surface area contributed by atoms with Crippen LogP contribution in [0.2, 0.25) is 5.02 Å². The fraction of sp³-hybridized carbons (Fsp3) is 0.538. The minimum Gasteiger partial charge on any atom is -0.492 e. The topological polar surface area (TPSA) is 21.3 Å². The minimum atomic E-state index is 0.698. The van der Waals surface area contributed by atoms with Crippen molar-refractivity contribution in [3.63, 3.8) is 0 Å². The Labute approximate surface area is 103 Å². The maximum absolute atomic E-state index is 6.13. The minimum absolute atomic E-state index is 0.698. The molecule has 0 spiro atoms. The zero-order valence-corrected chi connectivity index (χ0v) is 10.8. The molecule has 16 heavy (non-hydrogen) atoms. The number of ether oxygens (including phenoxy) is 1. The number of para-hydroxylation sites is 1. The SMILES string of the molecule is CCCCCOc1c(Cl)cccc1CNC. The second kappa shape index (κ2) is 7.53. The van der Waals surface area contributed by atoms with Crippen molar-refractivity contribution in [3.05, 3.63) is 28.8 Å². The van der Waals surface area contributed by atoms with Crippen LogP contribution in [0.5, 0.6) is 5.75 Å². The molecule has 1 N–H and O–H groups in total. The van der Waals surface area contributed by atoms with Crippen LogP contribution in [0.1, 0.15) is 31.7 Å². The van der Waals surface area contributed by atoms with Gasteiger partial charge >= 0.3 is 0 Å². The summed E-state index contributed by atoms with van der Waals surface area (Å²) in [6.07, 6.45) is 3.49. The Hall–Kier alpha value is -0.730. The van der Waals surface area contributed by atoms with Crippen molar-refractivity contribution >= 4 is 11.6 Å². The van der Waals surface area contributed by atoms with Gasteiger partial charge in [-0.15, -0.1) is 0 Å². The molecule has 0 bridgehead atoms. The molecule has 2 nitrogen and oxygen atoms in total. The summed E-state index contributed by atoms with van der Waals surface area (Å²) in [5.41, 5.74) is 1.12. The van der Waals surface area contributed by atoms with Crippen molar-refractivity contribution in [2.24, 2.45) is 0 Å². The van der Waals surface area contributed by atoms with Gasteiger partial charge in [-0.3, -0.25) is 0 Å². The zero-order valence-electron chi connectivity index (χ0n) is 10.1. The number of hydrogen-bond donors (Lipinski definition) is 1. The average Bonchev–Trinajstić information content (AvgIpc) is 2.28. The smallest absolute Gasteiger partial charge is 0.142 e. The van der Waals surface area contributed by atoms with Crippen molar-refractivity contribution in [1.82, 2.24) is 5.32 Å². The Bertz CT molecular complexity index is 315. The summed E-state index contributed by atoms with van der Waals surface area (Å²) in [5.74, 6) is 0.828. The lowest BCUT2D eigenvalue weighted by Gasteiger charge is -2.12. The third kappa shape index (κ3) is 4.03. The van der Waals surface area contributed by atoms with E-state index in [-0.39, 0.29) is 0 Å². The maximum atomic E-state index is 6.13. The molecule has 3 heteroatoms. The van der Waals surface area contributed by atoms with Gasteiger partial charge in [-0.05, 0) is 19.5 Å². The third-order valence-electron chi connectivity index (χ3n) is 2.41. The van der Waals surface area contributed by atoms with Gasteiger partial charge in [0.05, 0.1) is 11.6 Å². The monoisotopic (exact) mass is 241 g/mol. The van der Waals surface area contributed by atoms with Crippen molar-refractivity contribution in [2.75, 3.05) is 13.7 Å². The first-order chi connectivity index (χ1) is 7.79. The summed E-state index contributed by atoms with van der Waals surface area (Å²) in [4.78, 5) is 0. The van der Waals surface area contributed by atoms with Crippen LogP contribution in [0, 0.1) is 0 Å². The van der Waals surface area contributed by atoms with E-state index >= 15 is 0 Å². The van der Waals surface area contributed by atoms with E-state index < -0.39 is 0 Å². The quantitative estimate of drug-likeness (QED) is 0.736. The molecule has 1 aromatic carbocycles. The van der Waals surface area contributed by atoms with Crippen molar-refractivity contribution < 1.29 is 4.74 Å². The highest BCUT2D eigenvalue weighted by Crippen LogP contribution is 2.28. The van der Waals surface area contributed by atoms with Crippen LogP contribution in [0.3, 0.4) is 0 Å². The largest absolute Gasteiger partial charge is 0.492 e. The number of unbranched alkanes of at least 4 members (excludes halogenated alkanes) is 2. The average molecular weight is 242 g/mol. The number of halogens is 1. The lowest BCUT2D eigenvalue weighted by atomic mass is 10.2. The van der Waals surface area contributed by atoms with E-state index in [4.69, 9.17) is 16.3 Å². The summed E-state index contributed by atoms with van der Waals surface area (Å²) in [5, 5.41) is 3.81. The fourth-order valence-electron chi connectivity index (χ4n) is 1.57. The van der Waals surface area contributed by atoms with Gasteiger partial charge in [0, 0.05) is 12.1 Å². The van der Waals surface area contributed by atoms with E-state index in [9.17, 15) is 0 Å². The number of rotatable bonds is 7. The molecule has 0 aromatic heterocycles. The van der Waals surface area contributed by atoms with E-state index in [1.807, 2.05) is 25.2 Å². The van der Waals surface area contributed by atoms with E-state index in [2.05, 4.69) is 12.2 Å². The van der Waals surface area contributed by atoms with Crippen molar-refractivity contribution in [1.29, 1.82) is 0 Å². The van der Waals surface area contributed by atoms with Crippen LogP contribution in [0.4, 0.5) is 0 Å². The van der Waals surface area contributed by atoms with Gasteiger partial charge in [0.15, 0.2) is 0 Å². The van der Waals surface area contributed by atoms with E-state index in [1.54, 1.807) is 0 Å².